The first-order chi connectivity index (χ1) is 20.7. The van der Waals surface area contributed by atoms with Crippen LogP contribution in [-0.4, -0.2) is 15.3 Å². The monoisotopic (exact) mass is 581 g/mol. The number of phenolic OH excluding ortho intramolecular Hbond substituents is 3. The van der Waals surface area contributed by atoms with Crippen LogP contribution in [0.3, 0.4) is 0 Å². The van der Waals surface area contributed by atoms with Crippen LogP contribution in [0.15, 0.2) is 66.7 Å². The Morgan fingerprint density at radius 2 is 0.884 bits per heavy atom. The van der Waals surface area contributed by atoms with Crippen LogP contribution < -0.4 is 31.4 Å². The molecule has 0 radical (unpaired) electrons. The molecule has 4 aliphatic carbocycles. The zero-order valence-electron chi connectivity index (χ0n) is 23.6. The van der Waals surface area contributed by atoms with Gasteiger partial charge in [0, 0.05) is 29.8 Å². The van der Waals surface area contributed by atoms with E-state index in [1.54, 1.807) is 42.5 Å². The summed E-state index contributed by atoms with van der Waals surface area (Å²) < 4.78 is 19.1. The van der Waals surface area contributed by atoms with Crippen LogP contribution in [0.5, 0.6) is 51.7 Å². The van der Waals surface area contributed by atoms with E-state index in [0.717, 1.165) is 17.4 Å². The third-order valence-electron chi connectivity index (χ3n) is 9.35. The molecule has 4 saturated carbocycles. The largest absolute Gasteiger partial charge is 0.506 e. The van der Waals surface area contributed by atoms with Gasteiger partial charge in [-0.3, -0.25) is 0 Å². The number of nitrogen functional groups attached to an aromatic ring is 3. The summed E-state index contributed by atoms with van der Waals surface area (Å²) in [4.78, 5) is 0. The highest BCUT2D eigenvalue weighted by molar-refractivity contribution is 5.61. The van der Waals surface area contributed by atoms with E-state index in [4.69, 9.17) is 31.4 Å². The molecule has 0 spiro atoms. The first-order valence-corrected chi connectivity index (χ1v) is 14.7. The quantitative estimate of drug-likeness (QED) is 0.0958. The number of ether oxygens (including phenoxy) is 3. The highest BCUT2D eigenvalue weighted by Gasteiger charge is 2.49. The Morgan fingerprint density at radius 3 is 1.30 bits per heavy atom. The summed E-state index contributed by atoms with van der Waals surface area (Å²) >= 11 is 0. The Balaban J connectivity index is 1.36. The van der Waals surface area contributed by atoms with Gasteiger partial charge in [0.2, 0.25) is 0 Å². The molecule has 8 rings (SSSR count). The molecule has 0 atom stereocenters. The number of hydrogen-bond acceptors (Lipinski definition) is 9. The van der Waals surface area contributed by atoms with Gasteiger partial charge in [-0.15, -0.1) is 0 Å². The molecule has 0 heterocycles. The van der Waals surface area contributed by atoms with E-state index in [1.165, 1.54) is 50.3 Å². The molecule has 9 nitrogen and oxygen atoms in total. The predicted octanol–water partition coefficient (Wildman–Crippen LogP) is 7.47. The summed E-state index contributed by atoms with van der Waals surface area (Å²) in [5, 5.41) is 30.8. The van der Waals surface area contributed by atoms with Crippen molar-refractivity contribution in [1.29, 1.82) is 0 Å². The molecule has 43 heavy (non-hydrogen) atoms. The van der Waals surface area contributed by atoms with E-state index in [-0.39, 0.29) is 40.2 Å². The van der Waals surface area contributed by atoms with Crippen LogP contribution in [0.1, 0.15) is 43.6 Å². The van der Waals surface area contributed by atoms with Crippen molar-refractivity contribution in [2.45, 2.75) is 38.0 Å². The number of phenols is 3. The molecule has 0 saturated heterocycles. The lowest BCUT2D eigenvalue weighted by molar-refractivity contribution is -0.00341. The van der Waals surface area contributed by atoms with E-state index in [9.17, 15) is 15.3 Å². The van der Waals surface area contributed by atoms with Gasteiger partial charge >= 0.3 is 0 Å². The average Bonchev–Trinajstić information content (AvgIpc) is 2.96. The van der Waals surface area contributed by atoms with Gasteiger partial charge in [0.25, 0.3) is 0 Å². The minimum Gasteiger partial charge on any atom is -0.506 e. The molecular weight excluding hydrogens is 546 g/mol. The zero-order chi connectivity index (χ0) is 29.8. The molecule has 4 bridgehead atoms. The van der Waals surface area contributed by atoms with Gasteiger partial charge in [0.1, 0.15) is 40.2 Å². The molecule has 9 N–H and O–H groups in total. The van der Waals surface area contributed by atoms with Gasteiger partial charge in [-0.25, -0.2) is 0 Å². The third-order valence-corrected chi connectivity index (χ3v) is 9.35. The van der Waals surface area contributed by atoms with E-state index in [1.807, 2.05) is 6.07 Å². The molecule has 4 aromatic carbocycles. The van der Waals surface area contributed by atoms with Crippen molar-refractivity contribution in [3.05, 3.63) is 72.3 Å². The molecular formula is C34H35N3O6. The average molecular weight is 582 g/mol. The smallest absolute Gasteiger partial charge is 0.173 e. The summed E-state index contributed by atoms with van der Waals surface area (Å²) in [6, 6.07) is 17.9. The summed E-state index contributed by atoms with van der Waals surface area (Å²) in [7, 11) is 0. The molecule has 0 aromatic heterocycles. The van der Waals surface area contributed by atoms with Crippen molar-refractivity contribution in [1.82, 2.24) is 0 Å². The maximum Gasteiger partial charge on any atom is 0.173 e. The zero-order valence-corrected chi connectivity index (χ0v) is 23.6. The fourth-order valence-electron chi connectivity index (χ4n) is 7.64. The minimum absolute atomic E-state index is 0.0643. The first-order valence-electron chi connectivity index (χ1n) is 14.7. The predicted molar refractivity (Wildman–Crippen MR) is 164 cm³/mol. The fourth-order valence-corrected chi connectivity index (χ4v) is 7.64. The second kappa shape index (κ2) is 10.4. The minimum atomic E-state index is -0.109. The summed E-state index contributed by atoms with van der Waals surface area (Å²) in [6.45, 7) is 0. The van der Waals surface area contributed by atoms with Crippen molar-refractivity contribution in [2.75, 3.05) is 17.2 Å². The van der Waals surface area contributed by atoms with Crippen molar-refractivity contribution in [3.63, 3.8) is 0 Å². The van der Waals surface area contributed by atoms with Gasteiger partial charge in [-0.2, -0.15) is 0 Å². The lowest BCUT2D eigenvalue weighted by Gasteiger charge is -2.54. The fraction of sp³-hybridized carbons (Fsp3) is 0.294. The summed E-state index contributed by atoms with van der Waals surface area (Å²) in [5.41, 5.74) is 19.2. The van der Waals surface area contributed by atoms with E-state index >= 15 is 0 Å². The van der Waals surface area contributed by atoms with Crippen LogP contribution in [0.2, 0.25) is 0 Å². The normalized spacial score (nSPS) is 23.7. The molecule has 0 amide bonds. The van der Waals surface area contributed by atoms with Gasteiger partial charge in [-0.1, -0.05) is 0 Å². The van der Waals surface area contributed by atoms with Crippen LogP contribution in [-0.2, 0) is 0 Å². The molecule has 0 aliphatic heterocycles. The van der Waals surface area contributed by atoms with E-state index in [0.29, 0.717) is 46.3 Å². The number of aromatic hydroxyl groups is 3. The highest BCUT2D eigenvalue weighted by Crippen LogP contribution is 2.62. The second-order valence-electron chi connectivity index (χ2n) is 12.3. The van der Waals surface area contributed by atoms with Crippen molar-refractivity contribution >= 4 is 17.1 Å². The van der Waals surface area contributed by atoms with E-state index in [2.05, 4.69) is 0 Å². The SMILES string of the molecule is Nc1ccc(Oc2cc(Oc3ccc(N)c(O)c3)c(C3C4CC5CC(C4)CC3C5)cc2Oc2ccc(N)c(O)c2)cc1O. The lowest BCUT2D eigenvalue weighted by atomic mass is 9.50. The molecule has 9 heteroatoms. The standard InChI is InChI=1S/C34H35N3O6/c35-25-4-1-21(12-28(25)38)41-31-16-33(43-23-3-6-27(37)30(40)14-23)32(42-22-2-5-26(36)29(39)13-22)15-24(31)34-19-8-17-7-18(10-19)11-20(34)9-17/h1-6,12-20,34,38-40H,7-11,35-37H2. The first kappa shape index (κ1) is 26.9. The number of hydrogen-bond donors (Lipinski definition) is 6. The van der Waals surface area contributed by atoms with Gasteiger partial charge < -0.3 is 46.7 Å². The Kier molecular flexibility index (Phi) is 6.53. The van der Waals surface area contributed by atoms with Gasteiger partial charge in [0.15, 0.2) is 11.5 Å². The van der Waals surface area contributed by atoms with Crippen molar-refractivity contribution < 1.29 is 29.5 Å². The molecule has 4 aromatic rings. The number of anilines is 3. The van der Waals surface area contributed by atoms with Gasteiger partial charge in [-0.05, 0) is 104 Å². The van der Waals surface area contributed by atoms with Crippen molar-refractivity contribution in [2.24, 2.45) is 23.7 Å². The summed E-state index contributed by atoms with van der Waals surface area (Å²) in [5.74, 6) is 5.12. The highest BCUT2D eigenvalue weighted by atomic mass is 16.5. The third kappa shape index (κ3) is 5.16. The second-order valence-corrected chi connectivity index (χ2v) is 12.3. The Hall–Kier alpha value is -4.92. The molecule has 0 unspecified atom stereocenters. The Labute approximate surface area is 249 Å². The molecule has 4 fully saturated rings. The van der Waals surface area contributed by atoms with Crippen LogP contribution in [0.4, 0.5) is 17.1 Å². The number of nitrogens with two attached hydrogens (primary N) is 3. The lowest BCUT2D eigenvalue weighted by Crippen LogP contribution is -2.43. The molecule has 4 aliphatic rings. The maximum absolute atomic E-state index is 10.3. The summed E-state index contributed by atoms with van der Waals surface area (Å²) in [6.07, 6.45) is 6.13. The van der Waals surface area contributed by atoms with Crippen LogP contribution >= 0.6 is 0 Å². The number of benzene rings is 4. The van der Waals surface area contributed by atoms with Crippen molar-refractivity contribution in [3.8, 4) is 51.7 Å². The topological polar surface area (TPSA) is 166 Å². The van der Waals surface area contributed by atoms with Gasteiger partial charge in [0.05, 0.1) is 17.1 Å². The Bertz CT molecular complexity index is 1680. The molecule has 222 valence electrons. The van der Waals surface area contributed by atoms with E-state index < -0.39 is 0 Å². The number of rotatable bonds is 7. The van der Waals surface area contributed by atoms with Crippen LogP contribution in [0.25, 0.3) is 0 Å². The van der Waals surface area contributed by atoms with Crippen LogP contribution in [0, 0.1) is 23.7 Å². The Morgan fingerprint density at radius 1 is 0.488 bits per heavy atom. The maximum atomic E-state index is 10.3.